The number of nitrogens with one attached hydrogen (secondary N) is 1. The van der Waals surface area contributed by atoms with E-state index in [1.807, 2.05) is 6.07 Å². The van der Waals surface area contributed by atoms with E-state index >= 15 is 0 Å². The second kappa shape index (κ2) is 10.9. The Morgan fingerprint density at radius 1 is 0.971 bits per heavy atom. The van der Waals surface area contributed by atoms with Gasteiger partial charge in [0.25, 0.3) is 5.91 Å². The molecule has 0 spiro atoms. The van der Waals surface area contributed by atoms with E-state index in [2.05, 4.69) is 5.32 Å². The summed E-state index contributed by atoms with van der Waals surface area (Å²) >= 11 is 23.9. The third-order valence-electron chi connectivity index (χ3n) is 5.55. The van der Waals surface area contributed by atoms with Gasteiger partial charge in [-0.25, -0.2) is 4.39 Å². The molecule has 0 radical (unpaired) electrons. The van der Waals surface area contributed by atoms with Gasteiger partial charge in [0.1, 0.15) is 11.9 Å². The lowest BCUT2D eigenvalue weighted by molar-refractivity contribution is -0.124. The Morgan fingerprint density at radius 3 is 2.29 bits per heavy atom. The molecule has 0 unspecified atom stereocenters. The number of hydrogen-bond acceptors (Lipinski definition) is 3. The van der Waals surface area contributed by atoms with Crippen molar-refractivity contribution >= 4 is 75.3 Å². The minimum absolute atomic E-state index is 0.131. The molecule has 0 saturated carbocycles. The maximum atomic E-state index is 13.5. The number of nitrogens with zero attached hydrogens (tertiary/aromatic N) is 2. The molecule has 1 saturated heterocycles. The van der Waals surface area contributed by atoms with Crippen molar-refractivity contribution in [3.05, 3.63) is 93.2 Å². The summed E-state index contributed by atoms with van der Waals surface area (Å²) < 4.78 is 13.5. The maximum Gasteiger partial charge on any atom is 0.256 e. The highest BCUT2D eigenvalue weighted by Gasteiger charge is 2.44. The molecule has 1 aliphatic heterocycles. The number of halogens is 4. The Labute approximate surface area is 222 Å². The standard InChI is InChI=1S/C25H19Cl3FN3O2S/c26-16-3-7-19(8-4-16)30-23(33)14-22-24(34)32(20-9-5-18(29)6-10-20)25(35)31(22)12-11-15-1-2-17(27)13-21(15)28/h1-10,13,22H,11-12,14H2,(H,30,33)/t22-/m0/s1. The minimum Gasteiger partial charge on any atom is -0.336 e. The first-order chi connectivity index (χ1) is 16.7. The number of rotatable bonds is 7. The van der Waals surface area contributed by atoms with Crippen LogP contribution in [0.3, 0.4) is 0 Å². The summed E-state index contributed by atoms with van der Waals surface area (Å²) in [5.41, 5.74) is 1.81. The van der Waals surface area contributed by atoms with E-state index < -0.39 is 11.9 Å². The fourth-order valence-corrected chi connectivity index (χ4v) is 4.84. The first-order valence-corrected chi connectivity index (χ1v) is 12.2. The van der Waals surface area contributed by atoms with Crippen LogP contribution in [0.4, 0.5) is 15.8 Å². The Kier molecular flexibility index (Phi) is 7.91. The lowest BCUT2D eigenvalue weighted by atomic mass is 10.1. The zero-order valence-corrected chi connectivity index (χ0v) is 21.3. The lowest BCUT2D eigenvalue weighted by Crippen LogP contribution is -2.39. The fourth-order valence-electron chi connectivity index (χ4n) is 3.80. The van der Waals surface area contributed by atoms with Crippen molar-refractivity contribution in [3.8, 4) is 0 Å². The summed E-state index contributed by atoms with van der Waals surface area (Å²) in [6.45, 7) is 0.336. The summed E-state index contributed by atoms with van der Waals surface area (Å²) in [5.74, 6) is -1.15. The number of anilines is 2. The fraction of sp³-hybridized carbons (Fsp3) is 0.160. The van der Waals surface area contributed by atoms with Gasteiger partial charge in [-0.1, -0.05) is 40.9 Å². The highest BCUT2D eigenvalue weighted by Crippen LogP contribution is 2.29. The number of carbonyl (C=O) groups is 2. The molecule has 1 atom stereocenters. The number of thiocarbonyl (C=S) groups is 1. The molecule has 1 aliphatic rings. The van der Waals surface area contributed by atoms with Gasteiger partial charge < -0.3 is 10.2 Å². The number of carbonyl (C=O) groups excluding carboxylic acids is 2. The van der Waals surface area contributed by atoms with Gasteiger partial charge >= 0.3 is 0 Å². The van der Waals surface area contributed by atoms with Crippen molar-refractivity contribution in [2.24, 2.45) is 0 Å². The van der Waals surface area contributed by atoms with Crippen molar-refractivity contribution in [3.63, 3.8) is 0 Å². The Hall–Kier alpha value is -2.71. The van der Waals surface area contributed by atoms with Gasteiger partial charge in [0, 0.05) is 27.3 Å². The van der Waals surface area contributed by atoms with Crippen LogP contribution in [-0.4, -0.2) is 34.4 Å². The molecule has 3 aromatic carbocycles. The molecule has 1 heterocycles. The molecular formula is C25H19Cl3FN3O2S. The zero-order chi connectivity index (χ0) is 25.1. The maximum absolute atomic E-state index is 13.5. The van der Waals surface area contributed by atoms with E-state index in [0.29, 0.717) is 39.4 Å². The van der Waals surface area contributed by atoms with Crippen LogP contribution in [-0.2, 0) is 16.0 Å². The van der Waals surface area contributed by atoms with E-state index in [4.69, 9.17) is 47.0 Å². The first-order valence-electron chi connectivity index (χ1n) is 10.6. The van der Waals surface area contributed by atoms with E-state index in [1.165, 1.54) is 29.2 Å². The predicted molar refractivity (Wildman–Crippen MR) is 142 cm³/mol. The molecule has 0 bridgehead atoms. The third-order valence-corrected chi connectivity index (χ3v) is 6.80. The van der Waals surface area contributed by atoms with Gasteiger partial charge in [-0.2, -0.15) is 0 Å². The largest absolute Gasteiger partial charge is 0.336 e. The second-order valence-corrected chi connectivity index (χ2v) is 9.53. The summed E-state index contributed by atoms with van der Waals surface area (Å²) in [4.78, 5) is 29.3. The summed E-state index contributed by atoms with van der Waals surface area (Å²) in [6.07, 6.45) is 0.337. The average molecular weight is 551 g/mol. The van der Waals surface area contributed by atoms with Crippen LogP contribution in [0.1, 0.15) is 12.0 Å². The molecule has 5 nitrogen and oxygen atoms in total. The topological polar surface area (TPSA) is 52.7 Å². The Balaban J connectivity index is 1.57. The molecule has 2 amide bonds. The van der Waals surface area contributed by atoms with Gasteiger partial charge in [0.15, 0.2) is 5.11 Å². The molecule has 4 rings (SSSR count). The predicted octanol–water partition coefficient (Wildman–Crippen LogP) is 6.36. The first kappa shape index (κ1) is 25.4. The SMILES string of the molecule is O=C(C[C@H]1C(=O)N(c2ccc(F)cc2)C(=S)N1CCc1ccc(Cl)cc1Cl)Nc1ccc(Cl)cc1. The molecule has 0 aliphatic carbocycles. The second-order valence-electron chi connectivity index (χ2n) is 7.89. The number of benzene rings is 3. The van der Waals surface area contributed by atoms with E-state index in [9.17, 15) is 14.0 Å². The van der Waals surface area contributed by atoms with Crippen molar-refractivity contribution in [1.29, 1.82) is 0 Å². The van der Waals surface area contributed by atoms with Gasteiger partial charge in [0.05, 0.1) is 12.1 Å². The smallest absolute Gasteiger partial charge is 0.256 e. The number of amides is 2. The third kappa shape index (κ3) is 5.93. The molecule has 180 valence electrons. The Morgan fingerprint density at radius 2 is 1.63 bits per heavy atom. The summed E-state index contributed by atoms with van der Waals surface area (Å²) in [7, 11) is 0. The number of hydrogen-bond donors (Lipinski definition) is 1. The summed E-state index contributed by atoms with van der Waals surface area (Å²) in [6, 6.07) is 16.5. The quantitative estimate of drug-likeness (QED) is 0.348. The molecule has 0 aromatic heterocycles. The van der Waals surface area contributed by atoms with E-state index in [1.54, 1.807) is 41.3 Å². The Bertz CT molecular complexity index is 1270. The highest BCUT2D eigenvalue weighted by atomic mass is 35.5. The van der Waals surface area contributed by atoms with Crippen LogP contribution in [0.5, 0.6) is 0 Å². The van der Waals surface area contributed by atoms with Crippen LogP contribution in [0.2, 0.25) is 15.1 Å². The molecule has 1 fully saturated rings. The molecule has 1 N–H and O–H groups in total. The van der Waals surface area contributed by atoms with Gasteiger partial charge in [0.2, 0.25) is 5.91 Å². The van der Waals surface area contributed by atoms with Crippen LogP contribution >= 0.6 is 47.0 Å². The van der Waals surface area contributed by atoms with Crippen molar-refractivity contribution in [2.75, 3.05) is 16.8 Å². The monoisotopic (exact) mass is 549 g/mol. The normalized spacial score (nSPS) is 15.6. The van der Waals surface area contributed by atoms with Crippen LogP contribution in [0.15, 0.2) is 66.7 Å². The van der Waals surface area contributed by atoms with E-state index in [0.717, 1.165) is 5.56 Å². The lowest BCUT2D eigenvalue weighted by Gasteiger charge is -2.24. The molecule has 3 aromatic rings. The molecular weight excluding hydrogens is 532 g/mol. The van der Waals surface area contributed by atoms with Crippen LogP contribution < -0.4 is 10.2 Å². The van der Waals surface area contributed by atoms with E-state index in [-0.39, 0.29) is 23.3 Å². The molecule has 10 heteroatoms. The van der Waals surface area contributed by atoms with Crippen molar-refractivity contribution < 1.29 is 14.0 Å². The van der Waals surface area contributed by atoms with Crippen LogP contribution in [0.25, 0.3) is 0 Å². The summed E-state index contributed by atoms with van der Waals surface area (Å²) in [5, 5.41) is 4.57. The van der Waals surface area contributed by atoms with Crippen LogP contribution in [0, 0.1) is 5.82 Å². The van der Waals surface area contributed by atoms with Gasteiger partial charge in [-0.05, 0) is 84.9 Å². The zero-order valence-electron chi connectivity index (χ0n) is 18.2. The molecule has 35 heavy (non-hydrogen) atoms. The van der Waals surface area contributed by atoms with Crippen molar-refractivity contribution in [1.82, 2.24) is 4.90 Å². The van der Waals surface area contributed by atoms with Gasteiger partial charge in [-0.15, -0.1) is 0 Å². The van der Waals surface area contributed by atoms with Crippen molar-refractivity contribution in [2.45, 2.75) is 18.9 Å². The highest BCUT2D eigenvalue weighted by molar-refractivity contribution is 7.80. The minimum atomic E-state index is -0.842. The van der Waals surface area contributed by atoms with Gasteiger partial charge in [-0.3, -0.25) is 14.5 Å². The average Bonchev–Trinajstić information content (AvgIpc) is 3.04.